The summed E-state index contributed by atoms with van der Waals surface area (Å²) in [7, 11) is 0. The maximum absolute atomic E-state index is 14.4. The van der Waals surface area contributed by atoms with Crippen LogP contribution < -0.4 is 27.4 Å². The minimum atomic E-state index is -3.21. The Morgan fingerprint density at radius 1 is 1.42 bits per heavy atom. The Bertz CT molecular complexity index is 1020. The van der Waals surface area contributed by atoms with Crippen molar-refractivity contribution in [2.24, 2.45) is 10.7 Å². The normalized spacial score (nSPS) is 15.5. The van der Waals surface area contributed by atoms with Gasteiger partial charge in [-0.2, -0.15) is 8.78 Å². The van der Waals surface area contributed by atoms with Crippen molar-refractivity contribution in [3.05, 3.63) is 58.1 Å². The van der Waals surface area contributed by atoms with Gasteiger partial charge in [0, 0.05) is 24.0 Å². The summed E-state index contributed by atoms with van der Waals surface area (Å²) in [4.78, 5) is 38.0. The first-order valence-electron chi connectivity index (χ1n) is 9.86. The highest BCUT2D eigenvalue weighted by atomic mass is 19.3. The fourth-order valence-electron chi connectivity index (χ4n) is 2.81. The lowest BCUT2D eigenvalue weighted by Gasteiger charge is -2.21. The van der Waals surface area contributed by atoms with Crippen LogP contribution in [0.4, 0.5) is 19.3 Å². The third-order valence-electron chi connectivity index (χ3n) is 4.55. The molecule has 3 rings (SSSR count). The molecule has 1 aliphatic rings. The van der Waals surface area contributed by atoms with Crippen LogP contribution in [0.15, 0.2) is 46.3 Å². The number of halogens is 3. The molecule has 5 N–H and O–H groups in total. The van der Waals surface area contributed by atoms with Gasteiger partial charge in [-0.25, -0.2) is 15.5 Å². The average molecular weight is 473 g/mol. The largest absolute Gasteiger partial charge is 0.368 e. The minimum absolute atomic E-state index is 0. The molecule has 1 aliphatic heterocycles. The van der Waals surface area contributed by atoms with Gasteiger partial charge in [0.2, 0.25) is 11.9 Å². The number of aromatic nitrogens is 2. The second-order valence-corrected chi connectivity index (χ2v) is 6.94. The summed E-state index contributed by atoms with van der Waals surface area (Å²) in [6, 6.07) is 7.26. The molecule has 1 atom stereocenters. The predicted octanol–water partition coefficient (Wildman–Crippen LogP) is 0.879. The third-order valence-corrected chi connectivity index (χ3v) is 4.55. The van der Waals surface area contributed by atoms with Crippen LogP contribution in [0.3, 0.4) is 0 Å². The first kappa shape index (κ1) is 25.6. The van der Waals surface area contributed by atoms with E-state index in [-0.39, 0.29) is 44.4 Å². The molecule has 0 fully saturated rings. The number of anilines is 1. The molecule has 0 saturated heterocycles. The molecule has 2 aromatic rings. The number of hydroxylamine groups is 1. The SMILES string of the molecule is C.Cc1cnc(NCC(F)(F)c2ccccc2)c(=O)n1CC(=O)NCC1CN=C(N)NO1.[3H]F. The van der Waals surface area contributed by atoms with Crippen LogP contribution in [0.1, 0.15) is 18.7 Å². The van der Waals surface area contributed by atoms with Crippen LogP contribution in [-0.2, 0) is 22.1 Å². The lowest BCUT2D eigenvalue weighted by molar-refractivity contribution is -0.122. The lowest BCUT2D eigenvalue weighted by Crippen LogP contribution is -2.46. The van der Waals surface area contributed by atoms with Crippen molar-refractivity contribution in [3.63, 3.8) is 0 Å². The number of amides is 1. The van der Waals surface area contributed by atoms with Gasteiger partial charge in [0.25, 0.3) is 12.9 Å². The minimum Gasteiger partial charge on any atom is -0.368 e. The summed E-state index contributed by atoms with van der Waals surface area (Å²) in [5.41, 5.74) is 7.39. The highest BCUT2D eigenvalue weighted by molar-refractivity contribution is 5.77. The van der Waals surface area contributed by atoms with E-state index in [0.717, 1.165) is 4.57 Å². The maximum Gasteiger partial charge on any atom is 0.293 e. The number of aryl methyl sites for hydroxylation is 1. The molecular weight excluding hydrogens is 443 g/mol. The predicted molar refractivity (Wildman–Crippen MR) is 119 cm³/mol. The number of benzene rings is 1. The monoisotopic (exact) mass is 473 g/mol. The summed E-state index contributed by atoms with van der Waals surface area (Å²) >= 11 is 0. The summed E-state index contributed by atoms with van der Waals surface area (Å²) in [6.45, 7) is 0.898. The number of carbonyl (C=O) groups is 1. The van der Waals surface area contributed by atoms with Gasteiger partial charge < -0.3 is 16.4 Å². The fraction of sp³-hybridized carbons (Fsp3) is 0.400. The molecule has 0 bridgehead atoms. The standard InChI is InChI=1S/C19H23F2N7O3.CH4.FH/c1-12-7-24-16(26-11-19(20,21)13-5-3-2-4-6-13)17(30)28(12)10-15(29)23-8-14-9-25-18(22)27-31-14;;/h2-7,14H,8-11H2,1H3,(H,23,29)(H,24,26)(H3,22,25,27);1H4;1H/i/hT. The van der Waals surface area contributed by atoms with Crippen molar-refractivity contribution in [1.29, 1.82) is 1.45 Å². The highest BCUT2D eigenvalue weighted by Gasteiger charge is 2.31. The fourth-order valence-corrected chi connectivity index (χ4v) is 2.81. The molecule has 182 valence electrons. The molecule has 0 spiro atoms. The molecule has 1 aromatic heterocycles. The van der Waals surface area contributed by atoms with Crippen LogP contribution in [0.2, 0.25) is 0 Å². The zero-order valence-electron chi connectivity index (χ0n) is 18.1. The van der Waals surface area contributed by atoms with Gasteiger partial charge in [-0.3, -0.25) is 23.7 Å². The molecule has 1 aromatic carbocycles. The number of nitrogens with one attached hydrogen (secondary N) is 3. The Hall–Kier alpha value is -3.61. The molecule has 10 nitrogen and oxygen atoms in total. The number of hydrogen-bond donors (Lipinski definition) is 4. The Balaban J connectivity index is 0.00000188. The van der Waals surface area contributed by atoms with Gasteiger partial charge >= 0.3 is 0 Å². The summed E-state index contributed by atoms with van der Waals surface area (Å²) < 4.78 is 42.9. The zero-order chi connectivity index (χ0) is 24.4. The molecule has 13 heteroatoms. The molecule has 2 heterocycles. The number of nitrogens with two attached hydrogens (primary N) is 1. The van der Waals surface area contributed by atoms with E-state index in [0.29, 0.717) is 5.69 Å². The molecular formula is C20H28F3N7O3. The quantitative estimate of drug-likeness (QED) is 0.447. The van der Waals surface area contributed by atoms with E-state index >= 15 is 0 Å². The summed E-state index contributed by atoms with van der Waals surface area (Å²) in [5, 5.41) is 5.03. The molecule has 33 heavy (non-hydrogen) atoms. The first-order valence-corrected chi connectivity index (χ1v) is 9.48. The Morgan fingerprint density at radius 3 is 2.76 bits per heavy atom. The van der Waals surface area contributed by atoms with Crippen LogP contribution in [-0.4, -0.2) is 48.6 Å². The van der Waals surface area contributed by atoms with Gasteiger partial charge in [0.15, 0.2) is 5.82 Å². The number of alkyl halides is 2. The van der Waals surface area contributed by atoms with Gasteiger partial charge in [-0.1, -0.05) is 37.8 Å². The van der Waals surface area contributed by atoms with Gasteiger partial charge in [0.1, 0.15) is 12.6 Å². The van der Waals surface area contributed by atoms with E-state index in [1.54, 1.807) is 13.0 Å². The number of rotatable bonds is 8. The molecule has 1 amide bonds. The van der Waals surface area contributed by atoms with E-state index < -0.39 is 30.0 Å². The van der Waals surface area contributed by atoms with Gasteiger partial charge in [-0.05, 0) is 6.92 Å². The van der Waals surface area contributed by atoms with Crippen LogP contribution in [0, 0.1) is 6.92 Å². The molecule has 0 saturated carbocycles. The number of carbonyl (C=O) groups excluding carboxylic acids is 1. The lowest BCUT2D eigenvalue weighted by atomic mass is 10.1. The number of hydrogen-bond acceptors (Lipinski definition) is 8. The van der Waals surface area contributed by atoms with Crippen LogP contribution in [0.25, 0.3) is 0 Å². The number of aliphatic imine (C=N–C) groups is 1. The Kier molecular flexibility index (Phi) is 9.21. The van der Waals surface area contributed by atoms with Crippen molar-refractivity contribution in [2.75, 3.05) is 25.0 Å². The number of nitrogens with zero attached hydrogens (tertiary/aromatic N) is 3. The Morgan fingerprint density at radius 2 is 2.12 bits per heavy atom. The second-order valence-electron chi connectivity index (χ2n) is 6.94. The van der Waals surface area contributed by atoms with E-state index in [1.165, 1.54) is 30.5 Å². The second kappa shape index (κ2) is 11.9. The van der Waals surface area contributed by atoms with Crippen molar-refractivity contribution in [3.8, 4) is 0 Å². The number of guanidine groups is 1. The topological polar surface area (TPSA) is 136 Å². The Labute approximate surface area is 190 Å². The molecule has 1 unspecified atom stereocenters. The van der Waals surface area contributed by atoms with Crippen LogP contribution >= 0.6 is 0 Å². The highest BCUT2D eigenvalue weighted by Crippen LogP contribution is 2.27. The summed E-state index contributed by atoms with van der Waals surface area (Å²) in [6.07, 6.45) is 0.924. The van der Waals surface area contributed by atoms with Gasteiger partial charge in [0.05, 0.1) is 13.1 Å². The van der Waals surface area contributed by atoms with E-state index in [4.69, 9.17) is 15.3 Å². The maximum atomic E-state index is 14.4. The first-order chi connectivity index (χ1) is 15.8. The molecule has 0 radical (unpaired) electrons. The van der Waals surface area contributed by atoms with E-state index in [1.807, 2.05) is 0 Å². The van der Waals surface area contributed by atoms with Crippen molar-refractivity contribution >= 4 is 17.7 Å². The third kappa shape index (κ3) is 7.20. The van der Waals surface area contributed by atoms with E-state index in [2.05, 4.69) is 27.5 Å². The van der Waals surface area contributed by atoms with Crippen molar-refractivity contribution in [2.45, 2.75) is 32.9 Å². The van der Waals surface area contributed by atoms with Crippen LogP contribution in [0.5, 0.6) is 0 Å². The van der Waals surface area contributed by atoms with E-state index in [9.17, 15) is 18.4 Å². The smallest absolute Gasteiger partial charge is 0.293 e. The van der Waals surface area contributed by atoms with Crippen molar-refractivity contribution < 1.29 is 23.1 Å². The molecule has 0 aliphatic carbocycles. The van der Waals surface area contributed by atoms with Crippen molar-refractivity contribution in [1.82, 2.24) is 20.3 Å². The zero-order valence-corrected chi connectivity index (χ0v) is 17.1. The summed E-state index contributed by atoms with van der Waals surface area (Å²) in [5.74, 6) is -3.77. The van der Waals surface area contributed by atoms with Gasteiger partial charge in [-0.15, -0.1) is 0 Å². The average Bonchev–Trinajstić information content (AvgIpc) is 2.83.